The molecule has 0 radical (unpaired) electrons. The van der Waals surface area contributed by atoms with E-state index in [-0.39, 0.29) is 14.0 Å². The summed E-state index contributed by atoms with van der Waals surface area (Å²) >= 11 is 0. The average molecular weight is 941 g/mol. The number of fused-ring (bicyclic) bond motifs is 22. The Kier molecular flexibility index (Phi) is 8.08. The Bertz CT molecular complexity index is 4110. The molecule has 13 aromatic rings. The Balaban J connectivity index is 0.890. The first kappa shape index (κ1) is 40.0. The van der Waals surface area contributed by atoms with E-state index in [1.165, 1.54) is 111 Å². The quantitative estimate of drug-likeness (QED) is 0.164. The highest BCUT2D eigenvalue weighted by molar-refractivity contribution is 6.88. The molecule has 0 amide bonds. The maximum atomic E-state index is 2.61. The van der Waals surface area contributed by atoms with Crippen molar-refractivity contribution in [2.45, 2.75) is 0 Å². The van der Waals surface area contributed by atoms with Crippen LogP contribution in [0.25, 0.3) is 77.2 Å². The molecular formula is C66H42B2N6. The molecule has 0 bridgehead atoms. The second kappa shape index (κ2) is 14.9. The van der Waals surface area contributed by atoms with Gasteiger partial charge in [-0.3, -0.25) is 0 Å². The van der Waals surface area contributed by atoms with Gasteiger partial charge in [0.25, 0.3) is 0 Å². The minimum Gasteiger partial charge on any atom is -0.360 e. The lowest BCUT2D eigenvalue weighted by molar-refractivity contribution is 1.18. The van der Waals surface area contributed by atoms with Crippen LogP contribution >= 0.6 is 0 Å². The molecule has 17 rings (SSSR count). The highest BCUT2D eigenvalue weighted by Gasteiger charge is 2.52. The van der Waals surface area contributed by atoms with Gasteiger partial charge in [0.1, 0.15) is 0 Å². The molecule has 0 atom stereocenters. The lowest BCUT2D eigenvalue weighted by atomic mass is 9.59. The van der Waals surface area contributed by atoms with Gasteiger partial charge in [-0.2, -0.15) is 0 Å². The van der Waals surface area contributed by atoms with Gasteiger partial charge in [0, 0.05) is 66.8 Å². The van der Waals surface area contributed by atoms with E-state index in [9.17, 15) is 0 Å². The Morgan fingerprint density at radius 2 is 0.500 bits per heavy atom. The molecular weight excluding hydrogens is 898 g/mol. The fourth-order valence-electron chi connectivity index (χ4n) is 13.4. The van der Waals surface area contributed by atoms with Crippen LogP contribution in [0, 0.1) is 0 Å². The van der Waals surface area contributed by atoms with Crippen molar-refractivity contribution in [3.8, 4) is 33.6 Å². The molecule has 0 aliphatic carbocycles. The highest BCUT2D eigenvalue weighted by Crippen LogP contribution is 2.59. The normalized spacial score (nSPS) is 13.8. The Hall–Kier alpha value is -9.65. The second-order valence-corrected chi connectivity index (χ2v) is 20.0. The molecule has 0 unspecified atom stereocenters. The summed E-state index contributed by atoms with van der Waals surface area (Å²) in [4.78, 5) is 10.4. The second-order valence-electron chi connectivity index (χ2n) is 20.0. The molecule has 6 heterocycles. The number of anilines is 8. The van der Waals surface area contributed by atoms with Gasteiger partial charge >= 0.3 is 14.0 Å². The van der Waals surface area contributed by atoms with Gasteiger partial charge in [-0.25, -0.2) is 0 Å². The van der Waals surface area contributed by atoms with Crippen LogP contribution in [-0.4, -0.2) is 23.1 Å². The fraction of sp³-hybridized carbons (Fsp3) is 0. The van der Waals surface area contributed by atoms with Gasteiger partial charge in [-0.15, -0.1) is 0 Å². The molecule has 342 valence electrons. The molecule has 6 nitrogen and oxygen atoms in total. The van der Waals surface area contributed by atoms with E-state index in [0.29, 0.717) is 0 Å². The minimum absolute atomic E-state index is 0.137. The van der Waals surface area contributed by atoms with Crippen molar-refractivity contribution < 1.29 is 0 Å². The van der Waals surface area contributed by atoms with Crippen LogP contribution in [0.5, 0.6) is 0 Å². The SMILES string of the molecule is c1ccc2c(c1)B1N(c3ccc(-n4c5ccccc5c5ccccc54)cc3)c3cc4c(cc3N1c1ccccc1-2)N(c1ccc(-n2c3ccccc3c3ccccc32)cc1)B1c2ccccc2-c2ccccc2N14. The Morgan fingerprint density at radius 3 is 0.878 bits per heavy atom. The minimum atomic E-state index is -0.137. The molecule has 0 saturated carbocycles. The molecule has 8 heteroatoms. The number of aromatic nitrogens is 2. The Morgan fingerprint density at radius 1 is 0.216 bits per heavy atom. The average Bonchev–Trinajstić information content (AvgIpc) is 4.28. The van der Waals surface area contributed by atoms with Crippen molar-refractivity contribution in [1.29, 1.82) is 0 Å². The van der Waals surface area contributed by atoms with Crippen LogP contribution in [0.15, 0.2) is 255 Å². The largest absolute Gasteiger partial charge is 0.421 e. The van der Waals surface area contributed by atoms with Crippen LogP contribution in [-0.2, 0) is 0 Å². The van der Waals surface area contributed by atoms with Crippen molar-refractivity contribution in [3.63, 3.8) is 0 Å². The number of rotatable bonds is 4. The van der Waals surface area contributed by atoms with Gasteiger partial charge in [-0.05, 0) is 119 Å². The zero-order valence-corrected chi connectivity index (χ0v) is 40.1. The van der Waals surface area contributed by atoms with E-state index in [0.717, 1.165) is 22.7 Å². The molecule has 0 spiro atoms. The number of benzene rings is 11. The molecule has 2 aromatic heterocycles. The van der Waals surface area contributed by atoms with Gasteiger partial charge in [-0.1, -0.05) is 158 Å². The molecule has 0 N–H and O–H groups in total. The van der Waals surface area contributed by atoms with Crippen molar-refractivity contribution in [2.75, 3.05) is 19.2 Å². The van der Waals surface area contributed by atoms with Crippen LogP contribution in [0.4, 0.5) is 45.5 Å². The van der Waals surface area contributed by atoms with Gasteiger partial charge in [0.05, 0.1) is 44.8 Å². The van der Waals surface area contributed by atoms with Crippen molar-refractivity contribution in [1.82, 2.24) is 9.13 Å². The molecule has 4 aliphatic rings. The summed E-state index contributed by atoms with van der Waals surface area (Å²) in [6.07, 6.45) is 0. The number of nitrogens with zero attached hydrogens (tertiary/aromatic N) is 6. The molecule has 4 aliphatic heterocycles. The predicted octanol–water partition coefficient (Wildman–Crippen LogP) is 15.2. The maximum Gasteiger partial charge on any atom is 0.421 e. The molecule has 74 heavy (non-hydrogen) atoms. The summed E-state index contributed by atoms with van der Waals surface area (Å²) < 4.78 is 4.82. The third kappa shape index (κ3) is 5.30. The molecule has 0 saturated heterocycles. The maximum absolute atomic E-state index is 2.61. The lowest BCUT2D eigenvalue weighted by Crippen LogP contribution is -2.56. The standard InChI is InChI=1S/C66H42B2N6/c1-9-25-55-47(17-1)49-19-7-15-31-61(49)73-65-42-64-66(41-63(65)71(67(55)73)45-37-33-43(34-38-45)69-57-27-11-3-21-51(57)52-22-4-12-28-58(52)69)74-62-32-16-8-20-50(62)48-18-2-10-26-56(48)68(74)72(64)46-39-35-44(36-40-46)70-59-29-13-5-23-53(59)54-24-6-14-30-60(54)70/h1-42H. The van der Waals surface area contributed by atoms with Crippen LogP contribution in [0.1, 0.15) is 0 Å². The number of hydrogen-bond acceptors (Lipinski definition) is 4. The van der Waals surface area contributed by atoms with E-state index in [1.54, 1.807) is 0 Å². The highest BCUT2D eigenvalue weighted by atomic mass is 15.3. The topological polar surface area (TPSA) is 22.8 Å². The molecule has 0 fully saturated rings. The first-order valence-electron chi connectivity index (χ1n) is 25.7. The van der Waals surface area contributed by atoms with Crippen molar-refractivity contribution >= 4 is 114 Å². The third-order valence-corrected chi connectivity index (χ3v) is 16.4. The third-order valence-electron chi connectivity index (χ3n) is 16.4. The van der Waals surface area contributed by atoms with Gasteiger partial charge in [0.2, 0.25) is 0 Å². The summed E-state index contributed by atoms with van der Waals surface area (Å²) in [7, 11) is 0. The van der Waals surface area contributed by atoms with Crippen LogP contribution in [0.2, 0.25) is 0 Å². The predicted molar refractivity (Wildman–Crippen MR) is 311 cm³/mol. The monoisotopic (exact) mass is 940 g/mol. The van der Waals surface area contributed by atoms with Crippen molar-refractivity contribution in [2.24, 2.45) is 0 Å². The van der Waals surface area contributed by atoms with E-state index in [1.807, 2.05) is 0 Å². The number of para-hydroxylation sites is 6. The van der Waals surface area contributed by atoms with Crippen LogP contribution in [0.3, 0.4) is 0 Å². The van der Waals surface area contributed by atoms with E-state index < -0.39 is 0 Å². The lowest BCUT2D eigenvalue weighted by Gasteiger charge is -2.37. The fourth-order valence-corrected chi connectivity index (χ4v) is 13.4. The summed E-state index contributed by atoms with van der Waals surface area (Å²) in [6, 6.07) is 94.6. The molecule has 11 aromatic carbocycles. The zero-order valence-electron chi connectivity index (χ0n) is 40.1. The smallest absolute Gasteiger partial charge is 0.360 e. The first-order chi connectivity index (χ1) is 36.8. The van der Waals surface area contributed by atoms with E-state index >= 15 is 0 Å². The Labute approximate surface area is 428 Å². The summed E-state index contributed by atoms with van der Waals surface area (Å²) in [5.74, 6) is 0. The van der Waals surface area contributed by atoms with E-state index in [2.05, 4.69) is 283 Å². The van der Waals surface area contributed by atoms with Crippen LogP contribution < -0.4 is 30.2 Å². The summed E-state index contributed by atoms with van der Waals surface area (Å²) in [6.45, 7) is -0.274. The van der Waals surface area contributed by atoms with E-state index in [4.69, 9.17) is 0 Å². The van der Waals surface area contributed by atoms with Gasteiger partial charge < -0.3 is 28.4 Å². The van der Waals surface area contributed by atoms with Crippen molar-refractivity contribution in [3.05, 3.63) is 255 Å². The number of hydrogen-bond donors (Lipinski definition) is 0. The summed E-state index contributed by atoms with van der Waals surface area (Å²) in [5, 5.41) is 5.04. The first-order valence-corrected chi connectivity index (χ1v) is 25.7. The zero-order chi connectivity index (χ0) is 48.2. The van der Waals surface area contributed by atoms with Gasteiger partial charge in [0.15, 0.2) is 0 Å². The summed E-state index contributed by atoms with van der Waals surface area (Å²) in [5.41, 5.74) is 24.0.